The van der Waals surface area contributed by atoms with Gasteiger partial charge in [-0.25, -0.2) is 16.8 Å². The zero-order chi connectivity index (χ0) is 25.4. The Bertz CT molecular complexity index is 1570. The van der Waals surface area contributed by atoms with Gasteiger partial charge in [-0.3, -0.25) is 0 Å². The maximum absolute atomic E-state index is 11.1. The molecule has 1 aliphatic heterocycles. The zero-order valence-electron chi connectivity index (χ0n) is 18.8. The average Bonchev–Trinajstić information content (AvgIpc) is 3.24. The first-order chi connectivity index (χ1) is 16.4. The number of hydrogen-bond acceptors (Lipinski definition) is 9. The van der Waals surface area contributed by atoms with E-state index in [2.05, 4.69) is 0 Å². The fraction of sp³-hybridized carbons (Fsp3) is 0.190. The first kappa shape index (κ1) is 30.5. The predicted octanol–water partition coefficient (Wildman–Crippen LogP) is 1.40. The molecule has 0 saturated heterocycles. The van der Waals surface area contributed by atoms with Gasteiger partial charge < -0.3 is 14.0 Å². The number of aromatic nitrogens is 1. The van der Waals surface area contributed by atoms with Gasteiger partial charge in [0.1, 0.15) is 14.8 Å². The summed E-state index contributed by atoms with van der Waals surface area (Å²) in [4.78, 5) is 2.81. The van der Waals surface area contributed by atoms with Gasteiger partial charge in [0, 0.05) is 38.7 Å². The Morgan fingerprint density at radius 2 is 1.72 bits per heavy atom. The molecule has 0 saturated carbocycles. The van der Waals surface area contributed by atoms with Crippen LogP contribution in [0.4, 0.5) is 5.69 Å². The molecule has 8 nitrogen and oxygen atoms in total. The van der Waals surface area contributed by atoms with Crippen LogP contribution in [0.1, 0.15) is 11.4 Å². The summed E-state index contributed by atoms with van der Waals surface area (Å²) in [6.07, 6.45) is 3.29. The molecule has 0 spiro atoms. The predicted molar refractivity (Wildman–Crippen MR) is 138 cm³/mol. The van der Waals surface area contributed by atoms with Gasteiger partial charge in [-0.1, -0.05) is 46.3 Å². The van der Waals surface area contributed by atoms with E-state index < -0.39 is 26.0 Å². The van der Waals surface area contributed by atoms with Crippen molar-refractivity contribution in [2.75, 3.05) is 17.2 Å². The van der Waals surface area contributed by atoms with Gasteiger partial charge in [0.05, 0.1) is 26.9 Å². The van der Waals surface area contributed by atoms with Gasteiger partial charge in [0.15, 0.2) is 6.54 Å². The van der Waals surface area contributed by atoms with Gasteiger partial charge in [0.25, 0.3) is 5.01 Å². The topological polar surface area (TPSA) is 122 Å². The molecule has 0 radical (unpaired) electrons. The van der Waals surface area contributed by atoms with Crippen LogP contribution in [0.3, 0.4) is 0 Å². The van der Waals surface area contributed by atoms with E-state index in [1.54, 1.807) is 24.3 Å². The number of nitrogens with zero attached hydrogens (tertiary/aromatic N) is 2. The maximum atomic E-state index is 11.1. The fourth-order valence-corrected chi connectivity index (χ4v) is 6.96. The number of halogens is 2. The largest absolute Gasteiger partial charge is 1.00 e. The Balaban J connectivity index is 0.00000361. The van der Waals surface area contributed by atoms with Gasteiger partial charge in [-0.15, -0.1) is 0 Å². The second-order valence-corrected chi connectivity index (χ2v) is 13.3. The SMILES string of the molecule is O=S(=O)([O-])/C=C\C[n+]1c(C=C2Sc3ccc(Cl)cc3N2CCCS(=O)(=O)[O-])sc2ccc(Cl)cc21.[K+]. The van der Waals surface area contributed by atoms with Crippen LogP contribution in [0.15, 0.2) is 57.8 Å². The molecule has 1 aliphatic rings. The molecule has 1 aromatic heterocycles. The quantitative estimate of drug-likeness (QED) is 0.208. The van der Waals surface area contributed by atoms with Crippen molar-refractivity contribution in [1.29, 1.82) is 0 Å². The van der Waals surface area contributed by atoms with E-state index >= 15 is 0 Å². The molecular weight excluding hydrogens is 615 g/mol. The molecule has 4 rings (SSSR count). The summed E-state index contributed by atoms with van der Waals surface area (Å²) in [6, 6.07) is 10.7. The van der Waals surface area contributed by atoms with Crippen molar-refractivity contribution in [2.45, 2.75) is 17.9 Å². The van der Waals surface area contributed by atoms with Gasteiger partial charge in [0.2, 0.25) is 5.52 Å². The molecule has 2 heterocycles. The molecule has 3 aromatic rings. The van der Waals surface area contributed by atoms with Gasteiger partial charge in [-0.2, -0.15) is 4.57 Å². The van der Waals surface area contributed by atoms with Crippen molar-refractivity contribution in [1.82, 2.24) is 0 Å². The van der Waals surface area contributed by atoms with Gasteiger partial charge in [-0.05, 0) is 42.8 Å². The van der Waals surface area contributed by atoms with Crippen molar-refractivity contribution in [3.63, 3.8) is 0 Å². The molecule has 36 heavy (non-hydrogen) atoms. The van der Waals surface area contributed by atoms with Crippen molar-refractivity contribution in [2.24, 2.45) is 0 Å². The van der Waals surface area contributed by atoms with Crippen molar-refractivity contribution in [3.05, 3.63) is 68.0 Å². The number of thiazole rings is 1. The standard InChI is InChI=1S/C21H18Cl2N2O6S4.K/c22-14-3-5-18-16(11-14)24(7-1-9-34(26,27)28)20(32-18)13-21-25(8-2-10-35(29,30)31)17-12-15(23)4-6-19(17)33-21;/h1,3-6,9,11-13H,2,7-8,10H2,(H-,26,27,28,29,30,31);/q;+1/p-1/b9-1-;. The number of hydrogen-bond donors (Lipinski definition) is 0. The third kappa shape index (κ3) is 8.01. The first-order valence-corrected chi connectivity index (χ1v) is 15.5. The number of allylic oxidation sites excluding steroid dienone is 1. The third-order valence-electron chi connectivity index (χ3n) is 4.96. The Kier molecular flexibility index (Phi) is 10.6. The summed E-state index contributed by atoms with van der Waals surface area (Å²) >= 11 is 15.3. The summed E-state index contributed by atoms with van der Waals surface area (Å²) < 4.78 is 69.2. The van der Waals surface area contributed by atoms with E-state index in [0.717, 1.165) is 30.8 Å². The van der Waals surface area contributed by atoms with E-state index in [4.69, 9.17) is 23.2 Å². The third-order valence-corrected chi connectivity index (χ3v) is 8.97. The molecule has 15 heteroatoms. The van der Waals surface area contributed by atoms with Gasteiger partial charge >= 0.3 is 51.4 Å². The monoisotopic (exact) mass is 630 g/mol. The van der Waals surface area contributed by atoms with Crippen LogP contribution < -0.4 is 60.9 Å². The van der Waals surface area contributed by atoms with E-state index in [1.807, 2.05) is 27.7 Å². The molecule has 0 fully saturated rings. The van der Waals surface area contributed by atoms with Crippen LogP contribution in [-0.4, -0.2) is 38.2 Å². The van der Waals surface area contributed by atoms with E-state index in [0.29, 0.717) is 15.5 Å². The van der Waals surface area contributed by atoms with Crippen LogP contribution in [0.2, 0.25) is 10.0 Å². The number of fused-ring (bicyclic) bond motifs is 2. The van der Waals surface area contributed by atoms with E-state index in [9.17, 15) is 25.9 Å². The van der Waals surface area contributed by atoms with Crippen LogP contribution in [0.5, 0.6) is 0 Å². The molecule has 0 amide bonds. The number of thioether (sulfide) groups is 1. The first-order valence-electron chi connectivity index (χ1n) is 10.0. The van der Waals surface area contributed by atoms with Crippen molar-refractivity contribution in [3.8, 4) is 0 Å². The molecule has 0 atom stereocenters. The summed E-state index contributed by atoms with van der Waals surface area (Å²) in [5.74, 6) is -0.493. The molecule has 2 aromatic carbocycles. The minimum absolute atomic E-state index is 0. The number of anilines is 1. The summed E-state index contributed by atoms with van der Waals surface area (Å²) in [5, 5.41) is 3.16. The Morgan fingerprint density at radius 3 is 2.42 bits per heavy atom. The minimum Gasteiger partial charge on any atom is -0.748 e. The second kappa shape index (κ2) is 12.5. The smallest absolute Gasteiger partial charge is 0.748 e. The fourth-order valence-electron chi connectivity index (χ4n) is 3.55. The Labute approximate surface area is 269 Å². The molecule has 0 bridgehead atoms. The Hall–Kier alpha value is -0.00364. The van der Waals surface area contributed by atoms with E-state index in [1.165, 1.54) is 29.2 Å². The normalized spacial score (nSPS) is 15.1. The Morgan fingerprint density at radius 1 is 1.03 bits per heavy atom. The van der Waals surface area contributed by atoms with E-state index in [-0.39, 0.29) is 70.9 Å². The van der Waals surface area contributed by atoms with Crippen LogP contribution in [-0.2, 0) is 26.8 Å². The second-order valence-electron chi connectivity index (χ2n) is 7.49. The van der Waals surface area contributed by atoms with Crippen LogP contribution >= 0.6 is 46.3 Å². The average molecular weight is 632 g/mol. The number of rotatable bonds is 8. The van der Waals surface area contributed by atoms with Crippen molar-refractivity contribution >= 4 is 88.5 Å². The minimum atomic E-state index is -4.53. The molecular formula is C21H17Cl2KN2O6S4. The zero-order valence-corrected chi connectivity index (χ0v) is 26.7. The summed E-state index contributed by atoms with van der Waals surface area (Å²) in [7, 11) is -8.88. The summed E-state index contributed by atoms with van der Waals surface area (Å²) in [6.45, 7) is 0.386. The molecule has 186 valence electrons. The number of benzene rings is 2. The van der Waals surface area contributed by atoms with Crippen LogP contribution in [0, 0.1) is 0 Å². The van der Waals surface area contributed by atoms with Crippen molar-refractivity contribution < 1.29 is 81.9 Å². The molecule has 0 N–H and O–H groups in total. The maximum Gasteiger partial charge on any atom is 1.00 e. The summed E-state index contributed by atoms with van der Waals surface area (Å²) in [5.41, 5.74) is 1.56. The molecule has 0 aliphatic carbocycles. The molecule has 0 unspecified atom stereocenters. The van der Waals surface area contributed by atoms with Crippen LogP contribution in [0.25, 0.3) is 16.3 Å².